The molecule has 0 bridgehead atoms. The van der Waals surface area contributed by atoms with Gasteiger partial charge in [0.05, 0.1) is 4.90 Å². The highest BCUT2D eigenvalue weighted by Crippen LogP contribution is 2.27. The van der Waals surface area contributed by atoms with Crippen molar-refractivity contribution < 1.29 is 22.7 Å². The molecule has 0 radical (unpaired) electrons. The number of rotatable bonds is 6. The molecule has 30 heavy (non-hydrogen) atoms. The summed E-state index contributed by atoms with van der Waals surface area (Å²) >= 11 is 0. The number of likely N-dealkylation sites (N-methyl/N-ethyl adjacent to an activating group) is 1. The van der Waals surface area contributed by atoms with Crippen molar-refractivity contribution in [3.05, 3.63) is 59.7 Å². The predicted octanol–water partition coefficient (Wildman–Crippen LogP) is 2.53. The van der Waals surface area contributed by atoms with E-state index in [4.69, 9.17) is 4.74 Å². The second-order valence-electron chi connectivity index (χ2n) is 7.43. The third-order valence-corrected chi connectivity index (χ3v) is 6.93. The fraction of sp³-hybridized carbons (Fsp3) is 0.364. The number of hydrogen-bond donors (Lipinski definition) is 0. The molecule has 2 aromatic rings. The predicted molar refractivity (Wildman–Crippen MR) is 114 cm³/mol. The monoisotopic (exact) mass is 430 g/mol. The first-order chi connectivity index (χ1) is 14.2. The normalized spacial score (nSPS) is 14.9. The number of aryl methyl sites for hydroxylation is 2. The van der Waals surface area contributed by atoms with Crippen LogP contribution in [0.25, 0.3) is 0 Å². The Labute approximate surface area is 177 Å². The molecular formula is C22H26N2O5S. The van der Waals surface area contributed by atoms with Crippen molar-refractivity contribution in [3.8, 4) is 0 Å². The number of sulfonamides is 1. The van der Waals surface area contributed by atoms with Crippen LogP contribution in [0, 0.1) is 6.92 Å². The summed E-state index contributed by atoms with van der Waals surface area (Å²) in [5.41, 5.74) is 2.85. The Bertz CT molecular complexity index is 1030. The highest BCUT2D eigenvalue weighted by Gasteiger charge is 2.30. The molecule has 1 amide bonds. The van der Waals surface area contributed by atoms with Crippen LogP contribution < -0.4 is 4.90 Å². The minimum Gasteiger partial charge on any atom is -0.452 e. The van der Waals surface area contributed by atoms with Crippen molar-refractivity contribution in [3.63, 3.8) is 0 Å². The maximum Gasteiger partial charge on any atom is 0.322 e. The molecular weight excluding hydrogens is 404 g/mol. The molecule has 7 nitrogen and oxygen atoms in total. The molecule has 1 atom stereocenters. The molecule has 1 aliphatic rings. The second-order valence-corrected chi connectivity index (χ2v) is 9.47. The minimum atomic E-state index is -3.83. The van der Waals surface area contributed by atoms with E-state index in [2.05, 4.69) is 0 Å². The van der Waals surface area contributed by atoms with E-state index in [1.807, 2.05) is 31.2 Å². The molecule has 0 N–H and O–H groups in total. The van der Waals surface area contributed by atoms with Crippen molar-refractivity contribution in [2.45, 2.75) is 37.7 Å². The summed E-state index contributed by atoms with van der Waals surface area (Å²) in [6.07, 6.45) is 0.718. The van der Waals surface area contributed by atoms with Gasteiger partial charge in [0.1, 0.15) is 6.54 Å². The van der Waals surface area contributed by atoms with Crippen LogP contribution in [0.3, 0.4) is 0 Å². The Kier molecular flexibility index (Phi) is 6.58. The van der Waals surface area contributed by atoms with Gasteiger partial charge in [-0.1, -0.05) is 35.9 Å². The average Bonchev–Trinajstić information content (AvgIpc) is 2.72. The second kappa shape index (κ2) is 8.97. The van der Waals surface area contributed by atoms with Crippen molar-refractivity contribution in [2.24, 2.45) is 0 Å². The Balaban J connectivity index is 1.63. The molecule has 0 unspecified atom stereocenters. The molecule has 0 spiro atoms. The zero-order valence-corrected chi connectivity index (χ0v) is 18.2. The van der Waals surface area contributed by atoms with E-state index < -0.39 is 28.6 Å². The van der Waals surface area contributed by atoms with Crippen molar-refractivity contribution in [1.82, 2.24) is 4.31 Å². The number of amides is 1. The van der Waals surface area contributed by atoms with Crippen molar-refractivity contribution in [1.29, 1.82) is 0 Å². The van der Waals surface area contributed by atoms with Crippen LogP contribution in [0.15, 0.2) is 53.4 Å². The van der Waals surface area contributed by atoms with Crippen LogP contribution in [-0.2, 0) is 30.8 Å². The lowest BCUT2D eigenvalue weighted by Gasteiger charge is -2.31. The number of carbonyl (C=O) groups excluding carboxylic acids is 2. The van der Waals surface area contributed by atoms with E-state index in [9.17, 15) is 18.0 Å². The number of hydrogen-bond acceptors (Lipinski definition) is 5. The van der Waals surface area contributed by atoms with E-state index >= 15 is 0 Å². The van der Waals surface area contributed by atoms with Gasteiger partial charge < -0.3 is 9.64 Å². The lowest BCUT2D eigenvalue weighted by Crippen LogP contribution is -2.44. The quantitative estimate of drug-likeness (QED) is 0.658. The standard InChI is InChI=1S/C22H26N2O5S/c1-16-10-12-19(13-11-16)30(27,28)23(3)15-21(25)29-17(2)22(26)24-14-6-8-18-7-4-5-9-20(18)24/h4-5,7,9-13,17H,6,8,14-15H2,1-3H3/t17-/m0/s1. The van der Waals surface area contributed by atoms with Crippen molar-refractivity contribution in [2.75, 3.05) is 25.0 Å². The van der Waals surface area contributed by atoms with Gasteiger partial charge in [-0.05, 0) is 50.5 Å². The fourth-order valence-corrected chi connectivity index (χ4v) is 4.54. The molecule has 2 aromatic carbocycles. The van der Waals surface area contributed by atoms with E-state index in [1.54, 1.807) is 17.0 Å². The molecule has 3 rings (SSSR count). The first-order valence-electron chi connectivity index (χ1n) is 9.82. The summed E-state index contributed by atoms with van der Waals surface area (Å²) < 4.78 is 31.4. The average molecular weight is 431 g/mol. The van der Waals surface area contributed by atoms with Crippen LogP contribution in [0.1, 0.15) is 24.5 Å². The number of benzene rings is 2. The Morgan fingerprint density at radius 3 is 2.50 bits per heavy atom. The Morgan fingerprint density at radius 2 is 1.80 bits per heavy atom. The zero-order valence-electron chi connectivity index (χ0n) is 17.4. The summed E-state index contributed by atoms with van der Waals surface area (Å²) in [5, 5.41) is 0. The molecule has 0 aromatic heterocycles. The largest absolute Gasteiger partial charge is 0.452 e. The topological polar surface area (TPSA) is 84.0 Å². The van der Waals surface area contributed by atoms with Gasteiger partial charge in [0.2, 0.25) is 10.0 Å². The fourth-order valence-electron chi connectivity index (χ4n) is 3.42. The van der Waals surface area contributed by atoms with Gasteiger partial charge in [0.25, 0.3) is 5.91 Å². The maximum absolute atomic E-state index is 12.8. The van der Waals surface area contributed by atoms with E-state index in [0.29, 0.717) is 6.54 Å². The Hall–Kier alpha value is -2.71. The lowest BCUT2D eigenvalue weighted by molar-refractivity contribution is -0.153. The van der Waals surface area contributed by atoms with Crippen LogP contribution in [0.5, 0.6) is 0 Å². The number of esters is 1. The van der Waals surface area contributed by atoms with E-state index in [0.717, 1.165) is 34.0 Å². The van der Waals surface area contributed by atoms with Crippen LogP contribution in [-0.4, -0.2) is 50.8 Å². The maximum atomic E-state index is 12.8. The highest BCUT2D eigenvalue weighted by atomic mass is 32.2. The summed E-state index contributed by atoms with van der Waals surface area (Å²) in [7, 11) is -2.52. The molecule has 1 heterocycles. The lowest BCUT2D eigenvalue weighted by atomic mass is 10.0. The van der Waals surface area contributed by atoms with E-state index in [-0.39, 0.29) is 10.8 Å². The molecule has 0 aliphatic carbocycles. The number of anilines is 1. The zero-order chi connectivity index (χ0) is 21.9. The third kappa shape index (κ3) is 4.71. The van der Waals surface area contributed by atoms with Crippen molar-refractivity contribution >= 4 is 27.6 Å². The number of para-hydroxylation sites is 1. The van der Waals surface area contributed by atoms with Gasteiger partial charge in [-0.15, -0.1) is 0 Å². The number of nitrogens with zero attached hydrogens (tertiary/aromatic N) is 2. The number of carbonyl (C=O) groups is 2. The number of ether oxygens (including phenoxy) is 1. The molecule has 8 heteroatoms. The van der Waals surface area contributed by atoms with Gasteiger partial charge in [-0.25, -0.2) is 8.42 Å². The smallest absolute Gasteiger partial charge is 0.322 e. The minimum absolute atomic E-state index is 0.0949. The first kappa shape index (κ1) is 22.0. The van der Waals surface area contributed by atoms with Crippen LogP contribution in [0.4, 0.5) is 5.69 Å². The third-order valence-electron chi connectivity index (χ3n) is 5.11. The molecule has 0 fully saturated rings. The molecule has 1 aliphatic heterocycles. The van der Waals surface area contributed by atoms with Gasteiger partial charge >= 0.3 is 5.97 Å². The SMILES string of the molecule is Cc1ccc(S(=O)(=O)N(C)CC(=O)O[C@@H](C)C(=O)N2CCCc3ccccc32)cc1. The van der Waals surface area contributed by atoms with Gasteiger partial charge in [-0.3, -0.25) is 9.59 Å². The summed E-state index contributed by atoms with van der Waals surface area (Å²) in [4.78, 5) is 26.9. The van der Waals surface area contributed by atoms with E-state index in [1.165, 1.54) is 26.1 Å². The highest BCUT2D eigenvalue weighted by molar-refractivity contribution is 7.89. The number of fused-ring (bicyclic) bond motifs is 1. The molecule has 160 valence electrons. The first-order valence-corrected chi connectivity index (χ1v) is 11.3. The van der Waals surface area contributed by atoms with Gasteiger partial charge in [-0.2, -0.15) is 4.31 Å². The van der Waals surface area contributed by atoms with Crippen LogP contribution in [0.2, 0.25) is 0 Å². The van der Waals surface area contributed by atoms with Gasteiger partial charge in [0, 0.05) is 19.3 Å². The van der Waals surface area contributed by atoms with Crippen LogP contribution >= 0.6 is 0 Å². The summed E-state index contributed by atoms with van der Waals surface area (Å²) in [5.74, 6) is -1.10. The molecule has 0 saturated heterocycles. The van der Waals surface area contributed by atoms with Gasteiger partial charge in [0.15, 0.2) is 6.10 Å². The molecule has 0 saturated carbocycles. The Morgan fingerprint density at radius 1 is 1.13 bits per heavy atom. The summed E-state index contributed by atoms with van der Waals surface area (Å²) in [6.45, 7) is 3.44. The summed E-state index contributed by atoms with van der Waals surface area (Å²) in [6, 6.07) is 14.0.